The van der Waals surface area contributed by atoms with Crippen LogP contribution in [0.25, 0.3) is 11.3 Å². The Hall–Kier alpha value is -3.94. The number of aromatic nitrogens is 3. The molecule has 0 spiro atoms. The van der Waals surface area contributed by atoms with E-state index < -0.39 is 6.04 Å². The molecule has 8 heteroatoms. The van der Waals surface area contributed by atoms with Gasteiger partial charge in [-0.2, -0.15) is 0 Å². The molecule has 2 heterocycles. The number of carbonyl (C=O) groups excluding carboxylic acids is 1. The van der Waals surface area contributed by atoms with Crippen LogP contribution in [-0.4, -0.2) is 27.6 Å². The number of ether oxygens (including phenoxy) is 1. The summed E-state index contributed by atoms with van der Waals surface area (Å²) in [6.45, 7) is 0. The number of nitrogens with one attached hydrogen (secondary N) is 1. The van der Waals surface area contributed by atoms with Gasteiger partial charge in [0.15, 0.2) is 11.7 Å². The molecule has 0 saturated carbocycles. The first-order chi connectivity index (χ1) is 15.5. The van der Waals surface area contributed by atoms with Crippen LogP contribution >= 0.6 is 0 Å². The molecule has 0 radical (unpaired) electrons. The average molecular weight is 434 g/mol. The van der Waals surface area contributed by atoms with Gasteiger partial charge in [-0.15, -0.1) is 0 Å². The van der Waals surface area contributed by atoms with E-state index in [0.29, 0.717) is 18.1 Å². The largest absolute Gasteiger partial charge is 0.497 e. The monoisotopic (exact) mass is 434 g/mol. The smallest absolute Gasteiger partial charge is 0.221 e. The molecule has 32 heavy (non-hydrogen) atoms. The molecular formula is C24H23FN4O3. The van der Waals surface area contributed by atoms with Crippen molar-refractivity contribution in [1.82, 2.24) is 19.9 Å². The topological polar surface area (TPSA) is 82.2 Å². The third-order valence-electron chi connectivity index (χ3n) is 5.12. The molecule has 4 aromatic rings. The third-order valence-corrected chi connectivity index (χ3v) is 5.12. The Labute approximate surface area is 184 Å². The van der Waals surface area contributed by atoms with Gasteiger partial charge in [0.25, 0.3) is 0 Å². The predicted molar refractivity (Wildman–Crippen MR) is 116 cm³/mol. The molecule has 1 N–H and O–H groups in total. The SMILES string of the molecule is COc1ccc(C(NC(=O)CCc2ncc(-c3ccc(F)cc3)o2)c2nccn2C)cc1. The van der Waals surface area contributed by atoms with E-state index in [2.05, 4.69) is 15.3 Å². The van der Waals surface area contributed by atoms with Crippen LogP contribution in [0.2, 0.25) is 0 Å². The number of carbonyl (C=O) groups is 1. The first-order valence-corrected chi connectivity index (χ1v) is 10.1. The maximum atomic E-state index is 13.1. The van der Waals surface area contributed by atoms with Crippen LogP contribution in [0.15, 0.2) is 71.5 Å². The lowest BCUT2D eigenvalue weighted by Gasteiger charge is -2.19. The number of benzene rings is 2. The van der Waals surface area contributed by atoms with Gasteiger partial charge in [-0.1, -0.05) is 12.1 Å². The number of hydrogen-bond acceptors (Lipinski definition) is 5. The molecule has 0 saturated heterocycles. The maximum Gasteiger partial charge on any atom is 0.221 e. The number of aryl methyl sites for hydroxylation is 2. The summed E-state index contributed by atoms with van der Waals surface area (Å²) in [5.74, 6) is 1.96. The molecule has 1 atom stereocenters. The third kappa shape index (κ3) is 4.85. The Kier molecular flexibility index (Phi) is 6.30. The van der Waals surface area contributed by atoms with Gasteiger partial charge >= 0.3 is 0 Å². The summed E-state index contributed by atoms with van der Waals surface area (Å²) in [6.07, 6.45) is 5.64. The van der Waals surface area contributed by atoms with Crippen molar-refractivity contribution < 1.29 is 18.3 Å². The van der Waals surface area contributed by atoms with Crippen LogP contribution in [0.3, 0.4) is 0 Å². The second kappa shape index (κ2) is 9.47. The van der Waals surface area contributed by atoms with Crippen molar-refractivity contribution in [3.63, 3.8) is 0 Å². The first kappa shape index (κ1) is 21.3. The molecule has 0 fully saturated rings. The van der Waals surface area contributed by atoms with Gasteiger partial charge in [0.2, 0.25) is 5.91 Å². The molecule has 0 bridgehead atoms. The van der Waals surface area contributed by atoms with E-state index in [-0.39, 0.29) is 18.1 Å². The first-order valence-electron chi connectivity index (χ1n) is 10.1. The van der Waals surface area contributed by atoms with Crippen LogP contribution in [0.1, 0.15) is 29.7 Å². The van der Waals surface area contributed by atoms with Gasteiger partial charge in [0.1, 0.15) is 23.4 Å². The Morgan fingerprint density at radius 1 is 1.16 bits per heavy atom. The lowest BCUT2D eigenvalue weighted by Crippen LogP contribution is -2.31. The van der Waals surface area contributed by atoms with Crippen LogP contribution in [0.5, 0.6) is 5.75 Å². The highest BCUT2D eigenvalue weighted by Gasteiger charge is 2.21. The number of hydrogen-bond donors (Lipinski definition) is 1. The zero-order valence-corrected chi connectivity index (χ0v) is 17.8. The summed E-state index contributed by atoms with van der Waals surface area (Å²) in [7, 11) is 3.49. The van der Waals surface area contributed by atoms with Crippen LogP contribution in [0, 0.1) is 5.82 Å². The summed E-state index contributed by atoms with van der Waals surface area (Å²) in [5, 5.41) is 3.05. The molecule has 0 aliphatic rings. The predicted octanol–water partition coefficient (Wildman–Crippen LogP) is 4.06. The van der Waals surface area contributed by atoms with E-state index in [9.17, 15) is 9.18 Å². The van der Waals surface area contributed by atoms with Crippen molar-refractivity contribution in [2.75, 3.05) is 7.11 Å². The van der Waals surface area contributed by atoms with E-state index in [1.54, 1.807) is 31.6 Å². The molecule has 2 aromatic carbocycles. The lowest BCUT2D eigenvalue weighted by atomic mass is 10.1. The van der Waals surface area contributed by atoms with Gasteiger partial charge in [0, 0.05) is 37.8 Å². The number of halogens is 1. The highest BCUT2D eigenvalue weighted by Crippen LogP contribution is 2.24. The summed E-state index contributed by atoms with van der Waals surface area (Å²) < 4.78 is 25.9. The number of amides is 1. The highest BCUT2D eigenvalue weighted by atomic mass is 19.1. The highest BCUT2D eigenvalue weighted by molar-refractivity contribution is 5.77. The Balaban J connectivity index is 1.43. The van der Waals surface area contributed by atoms with Gasteiger partial charge in [0.05, 0.1) is 13.3 Å². The van der Waals surface area contributed by atoms with Gasteiger partial charge in [-0.25, -0.2) is 14.4 Å². The van der Waals surface area contributed by atoms with E-state index in [0.717, 1.165) is 22.7 Å². The van der Waals surface area contributed by atoms with Gasteiger partial charge < -0.3 is 19.0 Å². The van der Waals surface area contributed by atoms with E-state index >= 15 is 0 Å². The van der Waals surface area contributed by atoms with E-state index in [1.807, 2.05) is 42.1 Å². The molecular weight excluding hydrogens is 411 g/mol. The standard InChI is InChI=1S/C24H23FN4O3/c1-29-14-13-26-24(29)23(17-5-9-19(31-2)10-6-17)28-21(30)11-12-22-27-15-20(32-22)16-3-7-18(25)8-4-16/h3-10,13-15,23H,11-12H2,1-2H3,(H,28,30). The normalized spacial score (nSPS) is 11.8. The maximum absolute atomic E-state index is 13.1. The molecule has 1 unspecified atom stereocenters. The van der Waals surface area contributed by atoms with Crippen molar-refractivity contribution in [2.45, 2.75) is 18.9 Å². The minimum atomic E-state index is -0.409. The van der Waals surface area contributed by atoms with Crippen molar-refractivity contribution in [3.05, 3.63) is 90.2 Å². The second-order valence-corrected chi connectivity index (χ2v) is 7.30. The second-order valence-electron chi connectivity index (χ2n) is 7.30. The number of methoxy groups -OCH3 is 1. The zero-order valence-electron chi connectivity index (χ0n) is 17.8. The van der Waals surface area contributed by atoms with Gasteiger partial charge in [-0.05, 0) is 42.0 Å². The van der Waals surface area contributed by atoms with Gasteiger partial charge in [-0.3, -0.25) is 4.79 Å². The Bertz CT molecular complexity index is 1180. The van der Waals surface area contributed by atoms with Crippen LogP contribution in [0.4, 0.5) is 4.39 Å². The fourth-order valence-corrected chi connectivity index (χ4v) is 3.38. The van der Waals surface area contributed by atoms with Crippen LogP contribution in [-0.2, 0) is 18.3 Å². The Morgan fingerprint density at radius 2 is 1.91 bits per heavy atom. The average Bonchev–Trinajstić information content (AvgIpc) is 3.46. The molecule has 0 aliphatic heterocycles. The molecule has 4 rings (SSSR count). The summed E-state index contributed by atoms with van der Waals surface area (Å²) >= 11 is 0. The molecule has 2 aromatic heterocycles. The van der Waals surface area contributed by atoms with E-state index in [4.69, 9.17) is 9.15 Å². The summed E-state index contributed by atoms with van der Waals surface area (Å²) in [6, 6.07) is 13.1. The summed E-state index contributed by atoms with van der Waals surface area (Å²) in [4.78, 5) is 21.4. The minimum Gasteiger partial charge on any atom is -0.497 e. The van der Waals surface area contributed by atoms with E-state index in [1.165, 1.54) is 12.1 Å². The molecule has 0 aliphatic carbocycles. The van der Waals surface area contributed by atoms with Crippen molar-refractivity contribution in [1.29, 1.82) is 0 Å². The molecule has 1 amide bonds. The fourth-order valence-electron chi connectivity index (χ4n) is 3.38. The molecule has 164 valence electrons. The minimum absolute atomic E-state index is 0.157. The zero-order chi connectivity index (χ0) is 22.5. The van der Waals surface area contributed by atoms with Crippen molar-refractivity contribution >= 4 is 5.91 Å². The fraction of sp³-hybridized carbons (Fsp3) is 0.208. The van der Waals surface area contributed by atoms with Crippen molar-refractivity contribution in [3.8, 4) is 17.1 Å². The number of imidazole rings is 1. The number of rotatable bonds is 8. The van der Waals surface area contributed by atoms with Crippen LogP contribution < -0.4 is 10.1 Å². The summed E-state index contributed by atoms with van der Waals surface area (Å²) in [5.41, 5.74) is 1.62. The Morgan fingerprint density at radius 3 is 2.56 bits per heavy atom. The molecule has 7 nitrogen and oxygen atoms in total. The quantitative estimate of drug-likeness (QED) is 0.452. The lowest BCUT2D eigenvalue weighted by molar-refractivity contribution is -0.121. The number of nitrogens with zero attached hydrogens (tertiary/aromatic N) is 3. The number of oxazole rings is 1. The van der Waals surface area contributed by atoms with Crippen molar-refractivity contribution in [2.24, 2.45) is 7.05 Å².